The molecule has 0 aliphatic carbocycles. The third-order valence-electron chi connectivity index (χ3n) is 5.01. The molecule has 0 aliphatic heterocycles. The molecule has 0 radical (unpaired) electrons. The van der Waals surface area contributed by atoms with Crippen LogP contribution in [0.3, 0.4) is 0 Å². The van der Waals surface area contributed by atoms with Crippen molar-refractivity contribution in [2.24, 2.45) is 0 Å². The quantitative estimate of drug-likeness (QED) is 0.528. The Balaban J connectivity index is 1.83. The van der Waals surface area contributed by atoms with E-state index in [1.165, 1.54) is 4.31 Å². The van der Waals surface area contributed by atoms with Crippen molar-refractivity contribution in [2.45, 2.75) is 25.2 Å². The van der Waals surface area contributed by atoms with E-state index in [-0.39, 0.29) is 18.0 Å². The van der Waals surface area contributed by atoms with Crippen molar-refractivity contribution in [3.63, 3.8) is 0 Å². The number of carbonyl (C=O) groups excluding carboxylic acids is 1. The number of benzene rings is 3. The highest BCUT2D eigenvalue weighted by molar-refractivity contribution is 7.89. The molecule has 0 unspecified atom stereocenters. The number of aryl methyl sites for hydroxylation is 1. The Hall–Kier alpha value is -2.67. The summed E-state index contributed by atoms with van der Waals surface area (Å²) in [5.41, 5.74) is 3.25. The number of hydrogen-bond donors (Lipinski definition) is 1. The van der Waals surface area contributed by atoms with Crippen LogP contribution in [0.4, 0.5) is 5.69 Å². The molecule has 7 heteroatoms. The largest absolute Gasteiger partial charge is 0.325 e. The second-order valence-corrected chi connectivity index (χ2v) is 9.69. The molecule has 0 heterocycles. The van der Waals surface area contributed by atoms with Gasteiger partial charge in [-0.25, -0.2) is 8.42 Å². The van der Waals surface area contributed by atoms with Gasteiger partial charge in [-0.15, -0.1) is 0 Å². The van der Waals surface area contributed by atoms with Gasteiger partial charge in [0.25, 0.3) is 0 Å². The van der Waals surface area contributed by atoms with Crippen LogP contribution in [0.15, 0.2) is 77.7 Å². The predicted octanol–water partition coefficient (Wildman–Crippen LogP) is 4.83. The first-order chi connectivity index (χ1) is 14.8. The van der Waals surface area contributed by atoms with Crippen LogP contribution in [0.1, 0.15) is 16.7 Å². The molecule has 0 bridgehead atoms. The maximum Gasteiger partial charge on any atom is 0.243 e. The summed E-state index contributed by atoms with van der Waals surface area (Å²) in [6, 6.07) is 21.4. The maximum atomic E-state index is 13.3. The topological polar surface area (TPSA) is 66.5 Å². The lowest BCUT2D eigenvalue weighted by Crippen LogP contribution is -2.39. The molecule has 0 spiro atoms. The van der Waals surface area contributed by atoms with Gasteiger partial charge >= 0.3 is 0 Å². The fraction of sp³-hybridized carbons (Fsp3) is 0.208. The highest BCUT2D eigenvalue weighted by Crippen LogP contribution is 2.23. The van der Waals surface area contributed by atoms with E-state index in [1.807, 2.05) is 37.3 Å². The van der Waals surface area contributed by atoms with Gasteiger partial charge in [-0.05, 0) is 55.7 Å². The van der Waals surface area contributed by atoms with E-state index in [1.54, 1.807) is 49.4 Å². The zero-order valence-electron chi connectivity index (χ0n) is 17.5. The third-order valence-corrected chi connectivity index (χ3v) is 7.28. The number of anilines is 1. The zero-order valence-corrected chi connectivity index (χ0v) is 19.1. The molecule has 1 amide bonds. The van der Waals surface area contributed by atoms with Crippen molar-refractivity contribution in [3.05, 3.63) is 94.5 Å². The van der Waals surface area contributed by atoms with Crippen molar-refractivity contribution in [3.8, 4) is 0 Å². The second kappa shape index (κ2) is 10.1. The molecule has 0 saturated carbocycles. The standard InChI is InChI=1S/C24H25ClN2O3S/c1-18-11-13-21(14-12-18)31(29,30)27(16-15-20-7-4-3-5-8-20)17-24(28)26-23-10-6-9-22(25)19(23)2/h3-14H,15-17H2,1-2H3,(H,26,28). The van der Waals surface area contributed by atoms with Gasteiger partial charge in [0, 0.05) is 17.3 Å². The number of nitrogens with zero attached hydrogens (tertiary/aromatic N) is 1. The Morgan fingerprint density at radius 1 is 0.935 bits per heavy atom. The Kier molecular flexibility index (Phi) is 7.49. The van der Waals surface area contributed by atoms with Gasteiger partial charge in [-0.3, -0.25) is 4.79 Å². The molecule has 0 atom stereocenters. The molecule has 3 aromatic rings. The van der Waals surface area contributed by atoms with Crippen molar-refractivity contribution in [1.29, 1.82) is 0 Å². The van der Waals surface area contributed by atoms with E-state index in [0.717, 1.165) is 16.7 Å². The van der Waals surface area contributed by atoms with Crippen LogP contribution in [-0.2, 0) is 21.2 Å². The van der Waals surface area contributed by atoms with Gasteiger partial charge in [-0.1, -0.05) is 65.7 Å². The summed E-state index contributed by atoms with van der Waals surface area (Å²) in [7, 11) is -3.85. The fourth-order valence-corrected chi connectivity index (χ4v) is 4.71. The third kappa shape index (κ3) is 5.94. The highest BCUT2D eigenvalue weighted by Gasteiger charge is 2.26. The van der Waals surface area contributed by atoms with Crippen LogP contribution in [-0.4, -0.2) is 31.7 Å². The Morgan fingerprint density at radius 2 is 1.61 bits per heavy atom. The normalized spacial score (nSPS) is 11.5. The number of halogens is 1. The molecular weight excluding hydrogens is 432 g/mol. The highest BCUT2D eigenvalue weighted by atomic mass is 35.5. The zero-order chi connectivity index (χ0) is 22.4. The number of rotatable bonds is 8. The van der Waals surface area contributed by atoms with E-state index in [4.69, 9.17) is 11.6 Å². The monoisotopic (exact) mass is 456 g/mol. The molecule has 3 rings (SSSR count). The Labute approximate surface area is 188 Å². The summed E-state index contributed by atoms with van der Waals surface area (Å²) < 4.78 is 27.8. The van der Waals surface area contributed by atoms with E-state index >= 15 is 0 Å². The molecule has 162 valence electrons. The van der Waals surface area contributed by atoms with Gasteiger partial charge in [0.15, 0.2) is 0 Å². The van der Waals surface area contributed by atoms with Crippen molar-refractivity contribution in [2.75, 3.05) is 18.4 Å². The van der Waals surface area contributed by atoms with Gasteiger partial charge in [0.2, 0.25) is 15.9 Å². The number of sulfonamides is 1. The lowest BCUT2D eigenvalue weighted by molar-refractivity contribution is -0.116. The minimum Gasteiger partial charge on any atom is -0.325 e. The lowest BCUT2D eigenvalue weighted by Gasteiger charge is -2.22. The molecular formula is C24H25ClN2O3S. The molecule has 0 aromatic heterocycles. The molecule has 31 heavy (non-hydrogen) atoms. The second-order valence-electron chi connectivity index (χ2n) is 7.35. The first-order valence-corrected chi connectivity index (χ1v) is 11.7. The molecule has 0 fully saturated rings. The van der Waals surface area contributed by atoms with Crippen LogP contribution in [0.5, 0.6) is 0 Å². The van der Waals surface area contributed by atoms with Gasteiger partial charge in [0.1, 0.15) is 0 Å². The smallest absolute Gasteiger partial charge is 0.243 e. The minimum atomic E-state index is -3.85. The average molecular weight is 457 g/mol. The van der Waals surface area contributed by atoms with Gasteiger partial charge in [0.05, 0.1) is 11.4 Å². The maximum absolute atomic E-state index is 13.3. The van der Waals surface area contributed by atoms with Crippen LogP contribution in [0.25, 0.3) is 0 Å². The number of amides is 1. The summed E-state index contributed by atoms with van der Waals surface area (Å²) in [5.74, 6) is -0.422. The van der Waals surface area contributed by atoms with E-state index in [9.17, 15) is 13.2 Å². The Morgan fingerprint density at radius 3 is 2.29 bits per heavy atom. The SMILES string of the molecule is Cc1ccc(S(=O)(=O)N(CCc2ccccc2)CC(=O)Nc2cccc(Cl)c2C)cc1. The lowest BCUT2D eigenvalue weighted by atomic mass is 10.1. The molecule has 0 saturated heterocycles. The molecule has 1 N–H and O–H groups in total. The predicted molar refractivity (Wildman–Crippen MR) is 125 cm³/mol. The van der Waals surface area contributed by atoms with Gasteiger partial charge < -0.3 is 5.32 Å². The van der Waals surface area contributed by atoms with Crippen molar-refractivity contribution < 1.29 is 13.2 Å². The van der Waals surface area contributed by atoms with Gasteiger partial charge in [-0.2, -0.15) is 4.31 Å². The van der Waals surface area contributed by atoms with Crippen LogP contribution in [0.2, 0.25) is 5.02 Å². The fourth-order valence-electron chi connectivity index (χ4n) is 3.13. The van der Waals surface area contributed by atoms with Crippen LogP contribution < -0.4 is 5.32 Å². The van der Waals surface area contributed by atoms with Crippen LogP contribution >= 0.6 is 11.6 Å². The summed E-state index contributed by atoms with van der Waals surface area (Å²) in [6.07, 6.45) is 0.495. The summed E-state index contributed by atoms with van der Waals surface area (Å²) in [6.45, 7) is 3.58. The van der Waals surface area contributed by atoms with E-state index in [2.05, 4.69) is 5.32 Å². The minimum absolute atomic E-state index is 0.165. The summed E-state index contributed by atoms with van der Waals surface area (Å²) in [4.78, 5) is 12.9. The van der Waals surface area contributed by atoms with Crippen LogP contribution in [0, 0.1) is 13.8 Å². The van der Waals surface area contributed by atoms with Crippen molar-refractivity contribution >= 4 is 33.2 Å². The number of hydrogen-bond acceptors (Lipinski definition) is 3. The number of nitrogens with one attached hydrogen (secondary N) is 1. The average Bonchev–Trinajstić information content (AvgIpc) is 2.75. The first kappa shape index (κ1) is 23.0. The first-order valence-electron chi connectivity index (χ1n) is 9.93. The Bertz CT molecular complexity index is 1150. The summed E-state index contributed by atoms with van der Waals surface area (Å²) in [5, 5.41) is 3.32. The van der Waals surface area contributed by atoms with E-state index in [0.29, 0.717) is 17.1 Å². The molecule has 3 aromatic carbocycles. The molecule has 0 aliphatic rings. The summed E-state index contributed by atoms with van der Waals surface area (Å²) >= 11 is 6.13. The molecule has 5 nitrogen and oxygen atoms in total. The van der Waals surface area contributed by atoms with Crippen molar-refractivity contribution in [1.82, 2.24) is 4.31 Å². The number of carbonyl (C=O) groups is 1. The van der Waals surface area contributed by atoms with E-state index < -0.39 is 15.9 Å².